The second kappa shape index (κ2) is 8.97. The zero-order valence-electron chi connectivity index (χ0n) is 12.7. The summed E-state index contributed by atoms with van der Waals surface area (Å²) in [6, 6.07) is 5.46. The summed E-state index contributed by atoms with van der Waals surface area (Å²) in [4.78, 5) is 23.4. The van der Waals surface area contributed by atoms with Crippen LogP contribution in [-0.4, -0.2) is 39.2 Å². The Morgan fingerprint density at radius 2 is 1.95 bits per heavy atom. The van der Waals surface area contributed by atoms with Crippen molar-refractivity contribution in [2.24, 2.45) is 0 Å². The van der Waals surface area contributed by atoms with E-state index in [1.54, 1.807) is 19.2 Å². The molecule has 0 aliphatic rings. The third kappa shape index (κ3) is 6.27. The molecule has 0 saturated heterocycles. The predicted molar refractivity (Wildman–Crippen MR) is 80.5 cm³/mol. The number of benzene rings is 1. The first kappa shape index (κ1) is 17.0. The molecule has 0 aliphatic carbocycles. The Balaban J connectivity index is 2.46. The molecule has 1 aromatic carbocycles. The third-order valence-electron chi connectivity index (χ3n) is 2.80. The first-order chi connectivity index (χ1) is 10.1. The summed E-state index contributed by atoms with van der Waals surface area (Å²) >= 11 is 0. The van der Waals surface area contributed by atoms with E-state index in [9.17, 15) is 9.59 Å². The molecule has 6 heteroatoms. The van der Waals surface area contributed by atoms with Gasteiger partial charge in [-0.25, -0.2) is 0 Å². The van der Waals surface area contributed by atoms with Gasteiger partial charge in [0.25, 0.3) is 0 Å². The monoisotopic (exact) mass is 294 g/mol. The van der Waals surface area contributed by atoms with Gasteiger partial charge in [-0.1, -0.05) is 6.07 Å². The fraction of sp³-hybridized carbons (Fsp3) is 0.467. The lowest BCUT2D eigenvalue weighted by Gasteiger charge is -2.11. The molecule has 1 rings (SSSR count). The summed E-state index contributed by atoms with van der Waals surface area (Å²) in [5.41, 5.74) is 1.56. The topological polar surface area (TPSA) is 76.7 Å². The summed E-state index contributed by atoms with van der Waals surface area (Å²) < 4.78 is 10.0. The van der Waals surface area contributed by atoms with Gasteiger partial charge < -0.3 is 20.1 Å². The number of carbonyl (C=O) groups is 2. The second-order valence-corrected chi connectivity index (χ2v) is 4.62. The van der Waals surface area contributed by atoms with E-state index in [1.165, 1.54) is 7.11 Å². The van der Waals surface area contributed by atoms with Crippen molar-refractivity contribution in [1.82, 2.24) is 5.32 Å². The largest absolute Gasteiger partial charge is 0.495 e. The second-order valence-electron chi connectivity index (χ2n) is 4.62. The highest BCUT2D eigenvalue weighted by atomic mass is 16.5. The van der Waals surface area contributed by atoms with Gasteiger partial charge >= 0.3 is 0 Å². The maximum absolute atomic E-state index is 11.8. The first-order valence-corrected chi connectivity index (χ1v) is 6.77. The SMILES string of the molecule is COCCCNC(=O)CC(=O)Nc1cc(C)ccc1OC. The number of nitrogens with one attached hydrogen (secondary N) is 2. The Morgan fingerprint density at radius 3 is 2.62 bits per heavy atom. The molecule has 0 aliphatic heterocycles. The summed E-state index contributed by atoms with van der Waals surface area (Å²) in [5, 5.41) is 5.35. The molecule has 1 aromatic rings. The lowest BCUT2D eigenvalue weighted by molar-refractivity contribution is -0.126. The summed E-state index contributed by atoms with van der Waals surface area (Å²) in [6.45, 7) is 2.98. The van der Waals surface area contributed by atoms with Crippen LogP contribution in [-0.2, 0) is 14.3 Å². The normalized spacial score (nSPS) is 10.0. The van der Waals surface area contributed by atoms with Crippen LogP contribution in [0.25, 0.3) is 0 Å². The van der Waals surface area contributed by atoms with E-state index in [2.05, 4.69) is 10.6 Å². The van der Waals surface area contributed by atoms with Gasteiger partial charge in [0.15, 0.2) is 0 Å². The minimum atomic E-state index is -0.372. The molecular formula is C15H22N2O4. The molecule has 6 nitrogen and oxygen atoms in total. The van der Waals surface area contributed by atoms with Gasteiger partial charge in [-0.2, -0.15) is 0 Å². The van der Waals surface area contributed by atoms with Crippen molar-refractivity contribution in [2.45, 2.75) is 19.8 Å². The van der Waals surface area contributed by atoms with Crippen LogP contribution in [0.4, 0.5) is 5.69 Å². The number of aryl methyl sites for hydroxylation is 1. The van der Waals surface area contributed by atoms with E-state index in [4.69, 9.17) is 9.47 Å². The molecule has 0 bridgehead atoms. The lowest BCUT2D eigenvalue weighted by Crippen LogP contribution is -2.29. The fourth-order valence-electron chi connectivity index (χ4n) is 1.77. The highest BCUT2D eigenvalue weighted by Crippen LogP contribution is 2.25. The maximum Gasteiger partial charge on any atom is 0.233 e. The number of hydrogen-bond donors (Lipinski definition) is 2. The Hall–Kier alpha value is -2.08. The van der Waals surface area contributed by atoms with E-state index in [0.717, 1.165) is 12.0 Å². The maximum atomic E-state index is 11.8. The Kier molecular flexibility index (Phi) is 7.25. The van der Waals surface area contributed by atoms with Crippen LogP contribution in [0.3, 0.4) is 0 Å². The summed E-state index contributed by atoms with van der Waals surface area (Å²) in [5.74, 6) is -0.118. The van der Waals surface area contributed by atoms with Crippen molar-refractivity contribution < 1.29 is 19.1 Å². The molecule has 0 heterocycles. The quantitative estimate of drug-likeness (QED) is 0.562. The molecule has 0 saturated carbocycles. The molecule has 2 N–H and O–H groups in total. The smallest absolute Gasteiger partial charge is 0.233 e. The predicted octanol–water partition coefficient (Wildman–Crippen LogP) is 1.48. The van der Waals surface area contributed by atoms with Crippen molar-refractivity contribution in [3.63, 3.8) is 0 Å². The highest BCUT2D eigenvalue weighted by Gasteiger charge is 2.11. The van der Waals surface area contributed by atoms with Crippen molar-refractivity contribution in [1.29, 1.82) is 0 Å². The zero-order chi connectivity index (χ0) is 15.7. The average Bonchev–Trinajstić information content (AvgIpc) is 2.43. The number of anilines is 1. The number of methoxy groups -OCH3 is 2. The number of hydrogen-bond acceptors (Lipinski definition) is 4. The summed E-state index contributed by atoms with van der Waals surface area (Å²) in [7, 11) is 3.13. The Morgan fingerprint density at radius 1 is 1.19 bits per heavy atom. The van der Waals surface area contributed by atoms with Gasteiger partial charge in [0.05, 0.1) is 12.8 Å². The van der Waals surface area contributed by atoms with Crippen molar-refractivity contribution in [3.8, 4) is 5.75 Å². The highest BCUT2D eigenvalue weighted by molar-refractivity contribution is 6.04. The van der Waals surface area contributed by atoms with Crippen LogP contribution in [0.1, 0.15) is 18.4 Å². The van der Waals surface area contributed by atoms with Crippen LogP contribution < -0.4 is 15.4 Å². The number of ether oxygens (including phenoxy) is 2. The molecule has 0 atom stereocenters. The van der Waals surface area contributed by atoms with E-state index in [1.807, 2.05) is 13.0 Å². The number of amides is 2. The molecule has 0 spiro atoms. The first-order valence-electron chi connectivity index (χ1n) is 6.77. The van der Waals surface area contributed by atoms with Gasteiger partial charge in [0.1, 0.15) is 12.2 Å². The summed E-state index contributed by atoms with van der Waals surface area (Å²) in [6.07, 6.45) is 0.500. The molecule has 116 valence electrons. The van der Waals surface area contributed by atoms with Gasteiger partial charge in [-0.3, -0.25) is 9.59 Å². The van der Waals surface area contributed by atoms with Crippen molar-refractivity contribution >= 4 is 17.5 Å². The van der Waals surface area contributed by atoms with Gasteiger partial charge in [0, 0.05) is 20.3 Å². The third-order valence-corrected chi connectivity index (χ3v) is 2.80. The molecular weight excluding hydrogens is 272 g/mol. The minimum Gasteiger partial charge on any atom is -0.495 e. The number of carbonyl (C=O) groups excluding carboxylic acids is 2. The zero-order valence-corrected chi connectivity index (χ0v) is 12.7. The van der Waals surface area contributed by atoms with E-state index < -0.39 is 0 Å². The van der Waals surface area contributed by atoms with Gasteiger partial charge in [-0.15, -0.1) is 0 Å². The van der Waals surface area contributed by atoms with Crippen molar-refractivity contribution in [2.75, 3.05) is 32.7 Å². The molecule has 2 amide bonds. The fourth-order valence-corrected chi connectivity index (χ4v) is 1.77. The molecule has 0 aromatic heterocycles. The van der Waals surface area contributed by atoms with Crippen LogP contribution >= 0.6 is 0 Å². The van der Waals surface area contributed by atoms with E-state index in [0.29, 0.717) is 24.6 Å². The molecule has 0 fully saturated rings. The van der Waals surface area contributed by atoms with E-state index >= 15 is 0 Å². The molecule has 0 radical (unpaired) electrons. The molecule has 21 heavy (non-hydrogen) atoms. The lowest BCUT2D eigenvalue weighted by atomic mass is 10.2. The molecule has 0 unspecified atom stereocenters. The number of rotatable bonds is 8. The Labute approximate surface area is 124 Å². The Bertz CT molecular complexity index is 489. The van der Waals surface area contributed by atoms with Gasteiger partial charge in [-0.05, 0) is 31.0 Å². The standard InChI is InChI=1S/C15H22N2O4/c1-11-5-6-13(21-3)12(9-11)17-15(19)10-14(18)16-7-4-8-20-2/h5-6,9H,4,7-8,10H2,1-3H3,(H,16,18)(H,17,19). The van der Waals surface area contributed by atoms with E-state index in [-0.39, 0.29) is 18.2 Å². The van der Waals surface area contributed by atoms with Crippen LogP contribution in [0.2, 0.25) is 0 Å². The van der Waals surface area contributed by atoms with Gasteiger partial charge in [0.2, 0.25) is 11.8 Å². The van der Waals surface area contributed by atoms with Crippen LogP contribution in [0.5, 0.6) is 5.75 Å². The van der Waals surface area contributed by atoms with Crippen LogP contribution in [0, 0.1) is 6.92 Å². The average molecular weight is 294 g/mol. The van der Waals surface area contributed by atoms with Crippen molar-refractivity contribution in [3.05, 3.63) is 23.8 Å². The van der Waals surface area contributed by atoms with Crippen LogP contribution in [0.15, 0.2) is 18.2 Å². The minimum absolute atomic E-state index is 0.218.